The molecule has 2 rings (SSSR count). The van der Waals surface area contributed by atoms with Gasteiger partial charge in [0.1, 0.15) is 12.6 Å². The van der Waals surface area contributed by atoms with E-state index in [4.69, 9.17) is 15.2 Å². The number of hydrogen-bond donors (Lipinski definition) is 4. The summed E-state index contributed by atoms with van der Waals surface area (Å²) >= 11 is 0. The number of likely N-dealkylation sites (N-methyl/N-ethyl adjacent to an activating group) is 1. The summed E-state index contributed by atoms with van der Waals surface area (Å²) in [6.45, 7) is 4.84. The van der Waals surface area contributed by atoms with Crippen molar-refractivity contribution in [2.24, 2.45) is 5.73 Å². The fourth-order valence-electron chi connectivity index (χ4n) is 3.97. The van der Waals surface area contributed by atoms with E-state index < -0.39 is 11.9 Å². The van der Waals surface area contributed by atoms with E-state index in [0.29, 0.717) is 70.1 Å². The van der Waals surface area contributed by atoms with E-state index in [1.165, 1.54) is 11.9 Å². The van der Waals surface area contributed by atoms with Crippen LogP contribution in [0.2, 0.25) is 0 Å². The molecule has 1 aromatic carbocycles. The van der Waals surface area contributed by atoms with Crippen molar-refractivity contribution in [1.82, 2.24) is 19.2 Å². The molecule has 1 saturated heterocycles. The predicted molar refractivity (Wildman–Crippen MR) is 166 cm³/mol. The number of aldehydes is 3. The predicted octanol–water partition coefficient (Wildman–Crippen LogP) is 0.942. The van der Waals surface area contributed by atoms with E-state index in [0.717, 1.165) is 25.9 Å². The topological polar surface area (TPSA) is 155 Å². The molecule has 1 aliphatic heterocycles. The molecule has 12 nitrogen and oxygen atoms in total. The van der Waals surface area contributed by atoms with Gasteiger partial charge in [-0.1, -0.05) is 23.0 Å². The van der Waals surface area contributed by atoms with Crippen LogP contribution in [0.1, 0.15) is 46.4 Å². The summed E-state index contributed by atoms with van der Waals surface area (Å²) in [6, 6.07) is 4.45. The first-order valence-corrected chi connectivity index (χ1v) is 15.2. The third-order valence-corrected chi connectivity index (χ3v) is 7.78. The molecule has 13 heteroatoms. The molecule has 5 N–H and O–H groups in total. The van der Waals surface area contributed by atoms with Crippen LogP contribution in [0, 0.1) is 0 Å². The largest absolute Gasteiger partial charge is 0.382 e. The smallest absolute Gasteiger partial charge is 0.257 e. The number of nitrogens with two attached hydrogens (primary N) is 1. The lowest BCUT2D eigenvalue weighted by Crippen LogP contribution is -2.39. The van der Waals surface area contributed by atoms with Gasteiger partial charge in [0.25, 0.3) is 5.91 Å². The molecule has 1 aromatic rings. The Morgan fingerprint density at radius 3 is 2.37 bits per heavy atom. The van der Waals surface area contributed by atoms with Crippen molar-refractivity contribution >= 4 is 47.2 Å². The fourth-order valence-corrected chi connectivity index (χ4v) is 5.13. The minimum atomic E-state index is -0.762. The number of carbonyl (C=O) groups excluding carboxylic acids is 4. The molecule has 0 aromatic heterocycles. The Hall–Kier alpha value is -2.52. The zero-order valence-corrected chi connectivity index (χ0v) is 25.5. The first kappa shape index (κ1) is 36.5. The van der Waals surface area contributed by atoms with Crippen molar-refractivity contribution < 1.29 is 28.7 Å². The lowest BCUT2D eigenvalue weighted by molar-refractivity contribution is -0.112. The molecule has 0 spiro atoms. The summed E-state index contributed by atoms with van der Waals surface area (Å²) in [7, 11) is 4.99. The van der Waals surface area contributed by atoms with Gasteiger partial charge >= 0.3 is 0 Å². The highest BCUT2D eigenvalue weighted by Crippen LogP contribution is 2.22. The Balaban J connectivity index is 0.00000268. The average Bonchev–Trinajstić information content (AvgIpc) is 2.98. The number of nitrogens with one attached hydrogen (secondary N) is 3. The summed E-state index contributed by atoms with van der Waals surface area (Å²) in [5, 5.41) is 5.89. The number of hydrogen-bond acceptors (Lipinski definition) is 11. The summed E-state index contributed by atoms with van der Waals surface area (Å²) in [4.78, 5) is 48.1. The minimum Gasteiger partial charge on any atom is -0.382 e. The second-order valence-corrected chi connectivity index (χ2v) is 11.0. The van der Waals surface area contributed by atoms with Crippen LogP contribution in [0.25, 0.3) is 0 Å². The van der Waals surface area contributed by atoms with Gasteiger partial charge in [-0.3, -0.25) is 14.3 Å². The van der Waals surface area contributed by atoms with Crippen molar-refractivity contribution in [3.8, 4) is 0 Å². The maximum atomic E-state index is 13.1. The maximum absolute atomic E-state index is 13.1. The standard InChI is InChI=1S/C26H41N5O6S.C2H7N/c1-30(23(20-34)6-4-14-32)26(35)25-21(19-33)5-3-7-24(25)28-10-15-36-17-18-37-16-11-29-38(2)31-12-8-22(27)9-13-31;1-3-2/h3,5,7,14,19-20,22-23,28-29H,2,4,6,8-13,15-18,27H2,1H3;3H,1-2H3. The highest BCUT2D eigenvalue weighted by molar-refractivity contribution is 8.10. The Morgan fingerprint density at radius 2 is 1.78 bits per heavy atom. The van der Waals surface area contributed by atoms with Gasteiger partial charge < -0.3 is 40.3 Å². The first-order valence-electron chi connectivity index (χ1n) is 13.8. The summed E-state index contributed by atoms with van der Waals surface area (Å²) < 4.78 is 16.9. The Bertz CT molecular complexity index is 945. The van der Waals surface area contributed by atoms with Crippen LogP contribution in [-0.4, -0.2) is 126 Å². The quantitative estimate of drug-likeness (QED) is 0.102. The summed E-state index contributed by atoms with van der Waals surface area (Å²) in [6.07, 6.45) is 4.32. The van der Waals surface area contributed by atoms with Gasteiger partial charge in [0.2, 0.25) is 0 Å². The van der Waals surface area contributed by atoms with E-state index in [2.05, 4.69) is 25.5 Å². The number of nitrogens with zero attached hydrogens (tertiary/aromatic N) is 2. The van der Waals surface area contributed by atoms with Crippen LogP contribution >= 0.6 is 10.9 Å². The van der Waals surface area contributed by atoms with Crippen molar-refractivity contribution in [1.29, 1.82) is 0 Å². The molecule has 41 heavy (non-hydrogen) atoms. The highest BCUT2D eigenvalue weighted by Gasteiger charge is 2.25. The minimum absolute atomic E-state index is 0.157. The van der Waals surface area contributed by atoms with E-state index in [1.807, 2.05) is 14.1 Å². The molecule has 2 unspecified atom stereocenters. The van der Waals surface area contributed by atoms with Crippen LogP contribution in [0.3, 0.4) is 0 Å². The van der Waals surface area contributed by atoms with Crippen LogP contribution in [0.4, 0.5) is 5.69 Å². The second kappa shape index (κ2) is 22.1. The normalized spacial score (nSPS) is 15.2. The lowest BCUT2D eigenvalue weighted by atomic mass is 10.0. The van der Waals surface area contributed by atoms with Gasteiger partial charge in [-0.05, 0) is 45.3 Å². The van der Waals surface area contributed by atoms with Crippen molar-refractivity contribution in [3.63, 3.8) is 0 Å². The number of piperidine rings is 1. The molecule has 0 saturated carbocycles. The van der Waals surface area contributed by atoms with E-state index >= 15 is 0 Å². The van der Waals surface area contributed by atoms with Crippen molar-refractivity contribution in [2.45, 2.75) is 37.8 Å². The number of ether oxygens (including phenoxy) is 2. The van der Waals surface area contributed by atoms with Crippen LogP contribution in [0.15, 0.2) is 18.2 Å². The third-order valence-electron chi connectivity index (χ3n) is 6.25. The van der Waals surface area contributed by atoms with Crippen molar-refractivity contribution in [2.75, 3.05) is 79.1 Å². The van der Waals surface area contributed by atoms with E-state index in [9.17, 15) is 19.2 Å². The zero-order valence-electron chi connectivity index (χ0n) is 24.6. The zero-order chi connectivity index (χ0) is 30.5. The molecule has 1 amide bonds. The number of anilines is 1. The van der Waals surface area contributed by atoms with Gasteiger partial charge in [-0.15, -0.1) is 0 Å². The van der Waals surface area contributed by atoms with Gasteiger partial charge in [0.05, 0.1) is 38.0 Å². The maximum Gasteiger partial charge on any atom is 0.257 e. The molecule has 1 heterocycles. The molecule has 1 aliphatic rings. The molecule has 2 atom stereocenters. The van der Waals surface area contributed by atoms with E-state index in [1.54, 1.807) is 18.2 Å². The molecule has 0 radical (unpaired) electrons. The Labute approximate surface area is 246 Å². The number of benzene rings is 1. The van der Waals surface area contributed by atoms with Crippen LogP contribution in [0.5, 0.6) is 0 Å². The molecule has 1 fully saturated rings. The molecular formula is C28H48N6O6S. The lowest BCUT2D eigenvalue weighted by Gasteiger charge is -2.32. The fraction of sp³-hybridized carbons (Fsp3) is 0.607. The Morgan fingerprint density at radius 1 is 1.15 bits per heavy atom. The van der Waals surface area contributed by atoms with Gasteiger partial charge in [0.15, 0.2) is 6.29 Å². The molecular weight excluding hydrogens is 548 g/mol. The van der Waals surface area contributed by atoms with Gasteiger partial charge in [-0.2, -0.15) is 0 Å². The van der Waals surface area contributed by atoms with Crippen LogP contribution in [-0.2, 0) is 19.1 Å². The first-order chi connectivity index (χ1) is 19.8. The van der Waals surface area contributed by atoms with Crippen LogP contribution < -0.4 is 21.1 Å². The average molecular weight is 597 g/mol. The number of carbonyl (C=O) groups is 4. The number of amides is 1. The van der Waals surface area contributed by atoms with Gasteiger partial charge in [-0.25, -0.2) is 4.31 Å². The Kier molecular flexibility index (Phi) is 19.7. The van der Waals surface area contributed by atoms with Crippen molar-refractivity contribution in [3.05, 3.63) is 29.3 Å². The summed E-state index contributed by atoms with van der Waals surface area (Å²) in [5.41, 5.74) is 6.80. The highest BCUT2D eigenvalue weighted by atomic mass is 32.2. The molecule has 0 bridgehead atoms. The van der Waals surface area contributed by atoms with E-state index in [-0.39, 0.29) is 34.8 Å². The SMILES string of the molecule is C=S(NCCOCCOCCNc1cccc(C=O)c1C(=O)N(C)C(C=O)CCC=O)N1CCC(N)CC1.CNC. The number of rotatable bonds is 19. The third kappa shape index (κ3) is 13.8. The monoisotopic (exact) mass is 596 g/mol. The molecule has 232 valence electrons. The van der Waals surface area contributed by atoms with Gasteiger partial charge in [0, 0.05) is 56.9 Å². The summed E-state index contributed by atoms with van der Waals surface area (Å²) in [5.74, 6) is 3.71. The second-order valence-electron chi connectivity index (χ2n) is 9.43. The molecule has 0 aliphatic carbocycles.